The van der Waals surface area contributed by atoms with Gasteiger partial charge in [-0.2, -0.15) is 0 Å². The summed E-state index contributed by atoms with van der Waals surface area (Å²) in [6.07, 6.45) is 1.71. The molecular weight excluding hydrogens is 464 g/mol. The first kappa shape index (κ1) is 23.2. The maximum absolute atomic E-state index is 13.3. The van der Waals surface area contributed by atoms with Crippen LogP contribution in [-0.4, -0.2) is 60.0 Å². The molecule has 1 saturated heterocycles. The van der Waals surface area contributed by atoms with Gasteiger partial charge in [0.1, 0.15) is 5.69 Å². The SMILES string of the molecule is COC(=O)c1c(C)c(C(=O)CN(CC2CCCO2)C(=O)c2ccc(Br)cc2)c(C)n1C. The monoisotopic (exact) mass is 490 g/mol. The van der Waals surface area contributed by atoms with E-state index in [2.05, 4.69) is 15.9 Å². The van der Waals surface area contributed by atoms with Gasteiger partial charge in [-0.05, 0) is 56.5 Å². The smallest absolute Gasteiger partial charge is 0.354 e. The van der Waals surface area contributed by atoms with E-state index in [1.807, 2.05) is 0 Å². The third-order valence-electron chi connectivity index (χ3n) is 5.75. The second-order valence-corrected chi connectivity index (χ2v) is 8.65. The van der Waals surface area contributed by atoms with Gasteiger partial charge in [0, 0.05) is 41.5 Å². The van der Waals surface area contributed by atoms with Crippen LogP contribution in [0.2, 0.25) is 0 Å². The van der Waals surface area contributed by atoms with Gasteiger partial charge in [0.25, 0.3) is 5.91 Å². The van der Waals surface area contributed by atoms with Crippen LogP contribution in [0.25, 0.3) is 0 Å². The summed E-state index contributed by atoms with van der Waals surface area (Å²) >= 11 is 3.38. The number of methoxy groups -OCH3 is 1. The summed E-state index contributed by atoms with van der Waals surface area (Å²) in [6.45, 7) is 4.43. The van der Waals surface area contributed by atoms with Crippen LogP contribution in [0, 0.1) is 13.8 Å². The summed E-state index contributed by atoms with van der Waals surface area (Å²) in [7, 11) is 3.04. The van der Waals surface area contributed by atoms with E-state index in [0.717, 1.165) is 17.3 Å². The number of rotatable bonds is 7. The normalized spacial score (nSPS) is 15.7. The van der Waals surface area contributed by atoms with E-state index in [1.165, 1.54) is 7.11 Å². The summed E-state index contributed by atoms with van der Waals surface area (Å²) in [5, 5.41) is 0. The molecule has 1 atom stereocenters. The van der Waals surface area contributed by atoms with E-state index in [0.29, 0.717) is 41.2 Å². The molecule has 3 rings (SSSR count). The van der Waals surface area contributed by atoms with Crippen molar-refractivity contribution in [3.63, 3.8) is 0 Å². The molecule has 166 valence electrons. The number of amides is 1. The molecule has 0 spiro atoms. The average Bonchev–Trinajstić information content (AvgIpc) is 3.33. The fraction of sp³-hybridized carbons (Fsp3) is 0.435. The molecule has 0 radical (unpaired) electrons. The summed E-state index contributed by atoms with van der Waals surface area (Å²) in [5.41, 5.74) is 2.52. The molecule has 7 nitrogen and oxygen atoms in total. The van der Waals surface area contributed by atoms with Crippen molar-refractivity contribution < 1.29 is 23.9 Å². The minimum absolute atomic E-state index is 0.0872. The van der Waals surface area contributed by atoms with Crippen LogP contribution in [0.3, 0.4) is 0 Å². The number of Topliss-reactive ketones (excluding diaryl/α,β-unsaturated/α-hetero) is 1. The Labute approximate surface area is 190 Å². The van der Waals surface area contributed by atoms with Crippen molar-refractivity contribution in [2.45, 2.75) is 32.8 Å². The van der Waals surface area contributed by atoms with Crippen LogP contribution in [-0.2, 0) is 16.5 Å². The van der Waals surface area contributed by atoms with Crippen LogP contribution < -0.4 is 0 Å². The molecule has 1 aromatic heterocycles. The Bertz CT molecular complexity index is 990. The largest absolute Gasteiger partial charge is 0.464 e. The molecule has 1 amide bonds. The topological polar surface area (TPSA) is 77.8 Å². The van der Waals surface area contributed by atoms with Crippen LogP contribution >= 0.6 is 15.9 Å². The third-order valence-corrected chi connectivity index (χ3v) is 6.28. The second kappa shape index (κ2) is 9.78. The zero-order valence-corrected chi connectivity index (χ0v) is 19.8. The lowest BCUT2D eigenvalue weighted by molar-refractivity contribution is 0.0506. The van der Waals surface area contributed by atoms with E-state index in [1.54, 1.807) is 54.6 Å². The van der Waals surface area contributed by atoms with E-state index >= 15 is 0 Å². The van der Waals surface area contributed by atoms with Gasteiger partial charge in [-0.1, -0.05) is 15.9 Å². The lowest BCUT2D eigenvalue weighted by Crippen LogP contribution is -2.41. The summed E-state index contributed by atoms with van der Waals surface area (Å²) in [4.78, 5) is 40.3. The number of benzene rings is 1. The minimum Gasteiger partial charge on any atom is -0.464 e. The van der Waals surface area contributed by atoms with E-state index in [-0.39, 0.29) is 24.3 Å². The number of nitrogens with zero attached hydrogens (tertiary/aromatic N) is 2. The van der Waals surface area contributed by atoms with Crippen LogP contribution in [0.1, 0.15) is 55.3 Å². The van der Waals surface area contributed by atoms with E-state index < -0.39 is 5.97 Å². The van der Waals surface area contributed by atoms with Gasteiger partial charge in [-0.3, -0.25) is 9.59 Å². The fourth-order valence-electron chi connectivity index (χ4n) is 4.06. The summed E-state index contributed by atoms with van der Waals surface area (Å²) in [6, 6.07) is 7.06. The van der Waals surface area contributed by atoms with Gasteiger partial charge in [0.15, 0.2) is 5.78 Å². The first-order chi connectivity index (χ1) is 14.7. The zero-order chi connectivity index (χ0) is 22.7. The molecule has 1 aromatic carbocycles. The zero-order valence-electron chi connectivity index (χ0n) is 18.2. The van der Waals surface area contributed by atoms with Gasteiger partial charge in [-0.15, -0.1) is 0 Å². The predicted octanol–water partition coefficient (Wildman–Crippen LogP) is 3.70. The van der Waals surface area contributed by atoms with E-state index in [4.69, 9.17) is 9.47 Å². The van der Waals surface area contributed by atoms with Crippen molar-refractivity contribution in [2.75, 3.05) is 26.8 Å². The van der Waals surface area contributed by atoms with Crippen LogP contribution in [0.15, 0.2) is 28.7 Å². The highest BCUT2D eigenvalue weighted by Crippen LogP contribution is 2.24. The average molecular weight is 491 g/mol. The van der Waals surface area contributed by atoms with Gasteiger partial charge >= 0.3 is 5.97 Å². The molecule has 0 aliphatic carbocycles. The van der Waals surface area contributed by atoms with Crippen LogP contribution in [0.5, 0.6) is 0 Å². The molecule has 2 aromatic rings. The second-order valence-electron chi connectivity index (χ2n) is 7.74. The number of halogens is 1. The molecule has 1 unspecified atom stereocenters. The van der Waals surface area contributed by atoms with Crippen molar-refractivity contribution in [1.29, 1.82) is 0 Å². The minimum atomic E-state index is -0.496. The Morgan fingerprint density at radius 2 is 1.90 bits per heavy atom. The van der Waals surface area contributed by atoms with Gasteiger partial charge in [0.05, 0.1) is 19.8 Å². The summed E-state index contributed by atoms with van der Waals surface area (Å²) < 4.78 is 13.1. The first-order valence-electron chi connectivity index (χ1n) is 10.2. The summed E-state index contributed by atoms with van der Waals surface area (Å²) in [5.74, 6) is -0.940. The maximum atomic E-state index is 13.3. The molecule has 31 heavy (non-hydrogen) atoms. The number of carbonyl (C=O) groups is 3. The molecule has 0 bridgehead atoms. The van der Waals surface area contributed by atoms with Gasteiger partial charge in [0.2, 0.25) is 0 Å². The highest BCUT2D eigenvalue weighted by molar-refractivity contribution is 9.10. The van der Waals surface area contributed by atoms with Crippen LogP contribution in [0.4, 0.5) is 0 Å². The lowest BCUT2D eigenvalue weighted by Gasteiger charge is -2.25. The maximum Gasteiger partial charge on any atom is 0.354 e. The quantitative estimate of drug-likeness (QED) is 0.436. The number of esters is 1. The fourth-order valence-corrected chi connectivity index (χ4v) is 4.32. The van der Waals surface area contributed by atoms with Crippen molar-refractivity contribution in [1.82, 2.24) is 9.47 Å². The number of carbonyl (C=O) groups excluding carboxylic acids is 3. The predicted molar refractivity (Wildman–Crippen MR) is 120 cm³/mol. The van der Waals surface area contributed by atoms with Crippen molar-refractivity contribution in [2.24, 2.45) is 7.05 Å². The number of hydrogen-bond acceptors (Lipinski definition) is 5. The molecule has 8 heteroatoms. The van der Waals surface area contributed by atoms with Crippen molar-refractivity contribution >= 4 is 33.6 Å². The molecule has 1 fully saturated rings. The number of aromatic nitrogens is 1. The number of hydrogen-bond donors (Lipinski definition) is 0. The Morgan fingerprint density at radius 1 is 1.23 bits per heavy atom. The highest BCUT2D eigenvalue weighted by atomic mass is 79.9. The Balaban J connectivity index is 1.90. The molecular formula is C23H27BrN2O5. The standard InChI is InChI=1S/C23H27BrN2O5/c1-14-20(15(2)25(3)21(14)23(29)30-4)19(27)13-26(12-18-6-5-11-31-18)22(28)16-7-9-17(24)10-8-16/h7-10,18H,5-6,11-13H2,1-4H3. The highest BCUT2D eigenvalue weighted by Gasteiger charge is 2.29. The molecule has 2 heterocycles. The third kappa shape index (κ3) is 4.91. The molecule has 1 aliphatic heterocycles. The lowest BCUT2D eigenvalue weighted by atomic mass is 10.0. The number of ether oxygens (including phenoxy) is 2. The first-order valence-corrected chi connectivity index (χ1v) is 11.0. The van der Waals surface area contributed by atoms with Gasteiger partial charge in [-0.25, -0.2) is 4.79 Å². The Morgan fingerprint density at radius 3 is 2.48 bits per heavy atom. The molecule has 0 N–H and O–H groups in total. The number of ketones is 1. The van der Waals surface area contributed by atoms with Crippen molar-refractivity contribution in [3.05, 3.63) is 56.8 Å². The van der Waals surface area contributed by atoms with Gasteiger partial charge < -0.3 is 18.9 Å². The molecule has 1 aliphatic rings. The van der Waals surface area contributed by atoms with E-state index in [9.17, 15) is 14.4 Å². The Kier molecular flexibility index (Phi) is 7.33. The Hall–Kier alpha value is -2.45. The molecule has 0 saturated carbocycles. The van der Waals surface area contributed by atoms with Crippen molar-refractivity contribution in [3.8, 4) is 0 Å².